The Balaban J connectivity index is 0.000000171. The molecule has 1 amide bonds. The number of carbonyl (C=O) groups excluding carboxylic acids is 1. The molecule has 6 N–H and O–H groups in total. The highest BCUT2D eigenvalue weighted by Crippen LogP contribution is 2.05. The summed E-state index contributed by atoms with van der Waals surface area (Å²) in [5.41, 5.74) is 10.5. The lowest BCUT2D eigenvalue weighted by molar-refractivity contribution is -0.120. The Hall–Kier alpha value is -0.650. The molecule has 2 aliphatic heterocycles. The minimum atomic E-state index is -0.213. The van der Waals surface area contributed by atoms with Crippen molar-refractivity contribution in [1.82, 2.24) is 10.6 Å². The van der Waals surface area contributed by atoms with Crippen LogP contribution in [0.25, 0.3) is 0 Å². The highest BCUT2D eigenvalue weighted by atomic mass is 16.1. The number of piperidine rings is 2. The zero-order chi connectivity index (χ0) is 12.5. The van der Waals surface area contributed by atoms with E-state index < -0.39 is 0 Å². The van der Waals surface area contributed by atoms with Crippen LogP contribution in [-0.2, 0) is 4.79 Å². The smallest absolute Gasteiger partial charge is 0.234 e. The van der Waals surface area contributed by atoms with Gasteiger partial charge in [0.05, 0.1) is 6.04 Å². The van der Waals surface area contributed by atoms with Gasteiger partial charge >= 0.3 is 0 Å². The number of amides is 1. The Morgan fingerprint density at radius 1 is 1.06 bits per heavy atom. The number of hydrogen-bond acceptors (Lipinski definition) is 4. The summed E-state index contributed by atoms with van der Waals surface area (Å²) >= 11 is 0. The van der Waals surface area contributed by atoms with Crippen LogP contribution < -0.4 is 22.1 Å². The summed E-state index contributed by atoms with van der Waals surface area (Å²) in [7, 11) is 0. The molecule has 0 bridgehead atoms. The van der Waals surface area contributed by atoms with Crippen LogP contribution in [0.1, 0.15) is 38.5 Å². The van der Waals surface area contributed by atoms with E-state index in [1.165, 1.54) is 32.2 Å². The number of carbonyl (C=O) groups is 1. The van der Waals surface area contributed by atoms with Crippen LogP contribution in [0.5, 0.6) is 0 Å². The van der Waals surface area contributed by atoms with Crippen molar-refractivity contribution in [2.45, 2.75) is 50.6 Å². The number of hydrogen-bond donors (Lipinski definition) is 4. The first-order valence-corrected chi connectivity index (χ1v) is 6.70. The van der Waals surface area contributed by atoms with Gasteiger partial charge in [-0.15, -0.1) is 0 Å². The molecular weight excluding hydrogens is 216 g/mol. The van der Waals surface area contributed by atoms with E-state index in [0.717, 1.165) is 25.9 Å². The Bertz CT molecular complexity index is 211. The van der Waals surface area contributed by atoms with E-state index in [1.807, 2.05) is 0 Å². The molecule has 17 heavy (non-hydrogen) atoms. The third-order valence-corrected chi connectivity index (χ3v) is 3.35. The van der Waals surface area contributed by atoms with Gasteiger partial charge < -0.3 is 22.1 Å². The molecule has 0 aromatic rings. The molecule has 0 radical (unpaired) electrons. The number of rotatable bonds is 2. The zero-order valence-corrected chi connectivity index (χ0v) is 10.6. The molecule has 2 heterocycles. The largest absolute Gasteiger partial charge is 0.368 e. The first-order valence-electron chi connectivity index (χ1n) is 6.70. The van der Waals surface area contributed by atoms with E-state index in [-0.39, 0.29) is 11.9 Å². The minimum Gasteiger partial charge on any atom is -0.368 e. The molecule has 0 saturated carbocycles. The van der Waals surface area contributed by atoms with E-state index in [0.29, 0.717) is 6.04 Å². The summed E-state index contributed by atoms with van der Waals surface area (Å²) in [4.78, 5) is 10.5. The molecule has 100 valence electrons. The predicted molar refractivity (Wildman–Crippen MR) is 69.5 cm³/mol. The molecule has 2 fully saturated rings. The Kier molecular flexibility index (Phi) is 7.16. The first-order chi connectivity index (χ1) is 8.24. The van der Waals surface area contributed by atoms with E-state index >= 15 is 0 Å². The van der Waals surface area contributed by atoms with Gasteiger partial charge in [0.2, 0.25) is 5.91 Å². The molecule has 0 spiro atoms. The SMILES string of the molecule is NC(=O)[C@H]1CCCCN1.NC[C@H]1CCCCN1. The first kappa shape index (κ1) is 14.4. The minimum absolute atomic E-state index is 0.0567. The molecule has 2 rings (SSSR count). The average Bonchev–Trinajstić information content (AvgIpc) is 2.41. The molecule has 2 atom stereocenters. The van der Waals surface area contributed by atoms with Crippen LogP contribution in [0.2, 0.25) is 0 Å². The van der Waals surface area contributed by atoms with Crippen molar-refractivity contribution >= 4 is 5.91 Å². The summed E-state index contributed by atoms with van der Waals surface area (Å²) in [5, 5.41) is 6.39. The summed E-state index contributed by atoms with van der Waals surface area (Å²) in [6.07, 6.45) is 7.17. The third kappa shape index (κ3) is 6.00. The van der Waals surface area contributed by atoms with Crippen LogP contribution in [0.4, 0.5) is 0 Å². The lowest BCUT2D eigenvalue weighted by Gasteiger charge is -2.21. The Morgan fingerprint density at radius 2 is 1.71 bits per heavy atom. The average molecular weight is 242 g/mol. The van der Waals surface area contributed by atoms with Gasteiger partial charge in [0.15, 0.2) is 0 Å². The van der Waals surface area contributed by atoms with Gasteiger partial charge in [-0.25, -0.2) is 0 Å². The van der Waals surface area contributed by atoms with Gasteiger partial charge in [0.25, 0.3) is 0 Å². The predicted octanol–water partition coefficient (Wildman–Crippen LogP) is -0.299. The van der Waals surface area contributed by atoms with Crippen molar-refractivity contribution in [3.8, 4) is 0 Å². The van der Waals surface area contributed by atoms with E-state index in [1.54, 1.807) is 0 Å². The highest BCUT2D eigenvalue weighted by Gasteiger charge is 2.16. The molecule has 0 aromatic heterocycles. The van der Waals surface area contributed by atoms with Crippen molar-refractivity contribution in [2.24, 2.45) is 11.5 Å². The lowest BCUT2D eigenvalue weighted by atomic mass is 10.1. The number of nitrogens with one attached hydrogen (secondary N) is 2. The summed E-state index contributed by atoms with van der Waals surface area (Å²) in [6.45, 7) is 2.91. The van der Waals surface area contributed by atoms with Crippen LogP contribution in [0.15, 0.2) is 0 Å². The van der Waals surface area contributed by atoms with Gasteiger partial charge in [0, 0.05) is 12.6 Å². The molecule has 5 nitrogen and oxygen atoms in total. The fourth-order valence-corrected chi connectivity index (χ4v) is 2.22. The topological polar surface area (TPSA) is 93.2 Å². The van der Waals surface area contributed by atoms with E-state index in [4.69, 9.17) is 11.5 Å². The summed E-state index contributed by atoms with van der Waals surface area (Å²) in [6, 6.07) is 0.558. The van der Waals surface area contributed by atoms with Crippen LogP contribution >= 0.6 is 0 Å². The maximum atomic E-state index is 10.5. The van der Waals surface area contributed by atoms with Crippen molar-refractivity contribution < 1.29 is 4.79 Å². The van der Waals surface area contributed by atoms with Gasteiger partial charge in [-0.05, 0) is 38.8 Å². The maximum Gasteiger partial charge on any atom is 0.234 e. The third-order valence-electron chi connectivity index (χ3n) is 3.35. The molecule has 2 aliphatic rings. The standard InChI is InChI=1S/C6H12N2O.C6H14N2/c7-6(9)5-3-1-2-4-8-5;7-5-6-3-1-2-4-8-6/h5,8H,1-4H2,(H2,7,9);6,8H,1-5,7H2/t5-;6-/m11/s1. The normalized spacial score (nSPS) is 29.0. The van der Waals surface area contributed by atoms with Crippen molar-refractivity contribution in [2.75, 3.05) is 19.6 Å². The van der Waals surface area contributed by atoms with E-state index in [9.17, 15) is 4.79 Å². The Labute approximate surface area is 104 Å². The summed E-state index contributed by atoms with van der Waals surface area (Å²) in [5.74, 6) is -0.213. The lowest BCUT2D eigenvalue weighted by Crippen LogP contribution is -2.44. The van der Waals surface area contributed by atoms with Gasteiger partial charge in [0.1, 0.15) is 0 Å². The molecular formula is C12H26N4O. The van der Waals surface area contributed by atoms with Crippen LogP contribution in [0, 0.1) is 0 Å². The second-order valence-electron chi connectivity index (χ2n) is 4.79. The molecule has 0 aromatic carbocycles. The van der Waals surface area contributed by atoms with Crippen molar-refractivity contribution in [3.63, 3.8) is 0 Å². The van der Waals surface area contributed by atoms with Gasteiger partial charge in [-0.3, -0.25) is 4.79 Å². The zero-order valence-electron chi connectivity index (χ0n) is 10.6. The highest BCUT2D eigenvalue weighted by molar-refractivity contribution is 5.79. The monoisotopic (exact) mass is 242 g/mol. The molecule has 0 aliphatic carbocycles. The Morgan fingerprint density at radius 3 is 2.00 bits per heavy atom. The number of nitrogens with two attached hydrogens (primary N) is 2. The molecule has 5 heteroatoms. The molecule has 2 saturated heterocycles. The van der Waals surface area contributed by atoms with Crippen molar-refractivity contribution in [3.05, 3.63) is 0 Å². The summed E-state index contributed by atoms with van der Waals surface area (Å²) < 4.78 is 0. The fraction of sp³-hybridized carbons (Fsp3) is 0.917. The van der Waals surface area contributed by atoms with Gasteiger partial charge in [-0.1, -0.05) is 12.8 Å². The van der Waals surface area contributed by atoms with Crippen molar-refractivity contribution in [1.29, 1.82) is 0 Å². The quantitative estimate of drug-likeness (QED) is 0.535. The fourth-order valence-electron chi connectivity index (χ4n) is 2.22. The van der Waals surface area contributed by atoms with Crippen LogP contribution in [0.3, 0.4) is 0 Å². The maximum absolute atomic E-state index is 10.5. The van der Waals surface area contributed by atoms with E-state index in [2.05, 4.69) is 10.6 Å². The molecule has 0 unspecified atom stereocenters. The number of primary amides is 1. The van der Waals surface area contributed by atoms with Crippen LogP contribution in [-0.4, -0.2) is 37.6 Å². The second kappa shape index (κ2) is 8.44. The second-order valence-corrected chi connectivity index (χ2v) is 4.79. The van der Waals surface area contributed by atoms with Gasteiger partial charge in [-0.2, -0.15) is 0 Å².